The number of hydrogen-bond donors (Lipinski definition) is 2. The third kappa shape index (κ3) is 6.99. The summed E-state index contributed by atoms with van der Waals surface area (Å²) in [7, 11) is 3.75. The molecule has 2 aromatic carbocycles. The Morgan fingerprint density at radius 2 is 1.64 bits per heavy atom. The lowest BCUT2D eigenvalue weighted by atomic mass is 10.0. The van der Waals surface area contributed by atoms with Crippen molar-refractivity contribution in [2.24, 2.45) is 0 Å². The second-order valence-electron chi connectivity index (χ2n) is 5.19. The van der Waals surface area contributed by atoms with E-state index in [9.17, 15) is 4.79 Å². The van der Waals surface area contributed by atoms with E-state index in [4.69, 9.17) is 5.26 Å². The lowest BCUT2D eigenvalue weighted by Gasteiger charge is -2.07. The van der Waals surface area contributed by atoms with Gasteiger partial charge in [-0.3, -0.25) is 4.79 Å². The van der Waals surface area contributed by atoms with Crippen LogP contribution in [-0.2, 0) is 0 Å². The Morgan fingerprint density at radius 1 is 1.07 bits per heavy atom. The number of anilines is 1. The number of carbonyl (C=O) groups is 1. The van der Waals surface area contributed by atoms with Gasteiger partial charge in [0.15, 0.2) is 0 Å². The van der Waals surface area contributed by atoms with Crippen LogP contribution in [0, 0.1) is 18.3 Å². The first-order valence-corrected chi connectivity index (χ1v) is 9.80. The van der Waals surface area contributed by atoms with Gasteiger partial charge in [-0.05, 0) is 43.9 Å². The minimum atomic E-state index is -0.190. The summed E-state index contributed by atoms with van der Waals surface area (Å²) in [4.78, 5) is 13.5. The molecule has 28 heavy (non-hydrogen) atoms. The molecule has 3 aromatic rings. The first kappa shape index (κ1) is 25.1. The van der Waals surface area contributed by atoms with E-state index in [1.54, 1.807) is 12.1 Å². The molecule has 0 atom stereocenters. The molecule has 0 saturated carbocycles. The highest BCUT2D eigenvalue weighted by atomic mass is 32.1. The Labute approximate surface area is 172 Å². The summed E-state index contributed by atoms with van der Waals surface area (Å²) in [6, 6.07) is 17.3. The molecule has 3 rings (SSSR count). The largest absolute Gasteiger partial charge is 0.323 e. The number of carbonyl (C=O) groups excluding carboxylic acids is 1. The Morgan fingerprint density at radius 3 is 2.25 bits per heavy atom. The third-order valence-corrected chi connectivity index (χ3v) is 4.20. The molecular formula is C23H29N3OS. The van der Waals surface area contributed by atoms with Gasteiger partial charge in [0.25, 0.3) is 5.91 Å². The predicted octanol–water partition coefficient (Wildman–Crippen LogP) is 6.00. The molecule has 1 aromatic heterocycles. The lowest BCUT2D eigenvalue weighted by molar-refractivity contribution is 0.102. The summed E-state index contributed by atoms with van der Waals surface area (Å²) < 4.78 is 0. The van der Waals surface area contributed by atoms with Crippen molar-refractivity contribution < 1.29 is 4.79 Å². The average molecular weight is 396 g/mol. The fourth-order valence-electron chi connectivity index (χ4n) is 2.28. The molecule has 0 aliphatic heterocycles. The Bertz CT molecular complexity index is 904. The van der Waals surface area contributed by atoms with Gasteiger partial charge in [0, 0.05) is 10.4 Å². The zero-order chi connectivity index (χ0) is 21.5. The van der Waals surface area contributed by atoms with Gasteiger partial charge < -0.3 is 10.6 Å². The molecule has 0 aliphatic carbocycles. The Balaban J connectivity index is 0.000000930. The number of rotatable bonds is 2. The molecule has 0 spiro atoms. The number of thiophene rings is 1. The van der Waals surface area contributed by atoms with E-state index in [1.807, 2.05) is 71.3 Å². The maximum absolute atomic E-state index is 12.5. The minimum absolute atomic E-state index is 0.190. The Kier molecular flexibility index (Phi) is 12.7. The number of fused-ring (bicyclic) bond motifs is 1. The summed E-state index contributed by atoms with van der Waals surface area (Å²) in [5, 5.41) is 17.2. The van der Waals surface area contributed by atoms with Crippen molar-refractivity contribution in [2.75, 3.05) is 19.4 Å². The molecule has 148 valence electrons. The molecule has 1 heterocycles. The van der Waals surface area contributed by atoms with Crippen molar-refractivity contribution >= 4 is 33.0 Å². The highest BCUT2D eigenvalue weighted by Crippen LogP contribution is 2.28. The molecule has 5 heteroatoms. The molecule has 1 amide bonds. The average Bonchev–Trinajstić information content (AvgIpc) is 3.10. The quantitative estimate of drug-likeness (QED) is 0.523. The highest BCUT2D eigenvalue weighted by Gasteiger charge is 2.13. The van der Waals surface area contributed by atoms with E-state index in [0.29, 0.717) is 16.1 Å². The van der Waals surface area contributed by atoms with E-state index in [-0.39, 0.29) is 5.91 Å². The van der Waals surface area contributed by atoms with E-state index in [2.05, 4.69) is 29.9 Å². The van der Waals surface area contributed by atoms with Crippen LogP contribution in [0.25, 0.3) is 10.8 Å². The summed E-state index contributed by atoms with van der Waals surface area (Å²) >= 11 is 1.41. The SMILES string of the molecule is C=C.CC.CNC.Cc1cc(C#N)c(NC(=O)c2cccc3ccccc23)s1. The summed E-state index contributed by atoms with van der Waals surface area (Å²) in [5.74, 6) is -0.190. The first-order valence-electron chi connectivity index (χ1n) is 8.98. The van der Waals surface area contributed by atoms with Crippen molar-refractivity contribution in [1.82, 2.24) is 5.32 Å². The highest BCUT2D eigenvalue weighted by molar-refractivity contribution is 7.16. The van der Waals surface area contributed by atoms with Crippen molar-refractivity contribution in [3.8, 4) is 6.07 Å². The number of amides is 1. The second-order valence-corrected chi connectivity index (χ2v) is 6.45. The van der Waals surface area contributed by atoms with E-state index in [0.717, 1.165) is 15.6 Å². The number of aryl methyl sites for hydroxylation is 1. The van der Waals surface area contributed by atoms with Crippen molar-refractivity contribution in [1.29, 1.82) is 5.26 Å². The number of nitrogens with one attached hydrogen (secondary N) is 2. The molecular weight excluding hydrogens is 366 g/mol. The number of benzene rings is 2. The second kappa shape index (κ2) is 14.2. The van der Waals surface area contributed by atoms with Gasteiger partial charge in [0.2, 0.25) is 0 Å². The maximum Gasteiger partial charge on any atom is 0.256 e. The molecule has 0 saturated heterocycles. The monoisotopic (exact) mass is 395 g/mol. The van der Waals surface area contributed by atoms with Crippen LogP contribution in [0.1, 0.15) is 34.6 Å². The van der Waals surface area contributed by atoms with Crippen LogP contribution in [0.5, 0.6) is 0 Å². The predicted molar refractivity (Wildman–Crippen MR) is 123 cm³/mol. The lowest BCUT2D eigenvalue weighted by Crippen LogP contribution is -2.12. The fourth-order valence-corrected chi connectivity index (χ4v) is 3.14. The van der Waals surface area contributed by atoms with Crippen LogP contribution in [0.3, 0.4) is 0 Å². The van der Waals surface area contributed by atoms with Crippen LogP contribution >= 0.6 is 11.3 Å². The molecule has 2 N–H and O–H groups in total. The first-order chi connectivity index (χ1) is 13.6. The molecule has 0 radical (unpaired) electrons. The van der Waals surface area contributed by atoms with Gasteiger partial charge in [-0.2, -0.15) is 5.26 Å². The van der Waals surface area contributed by atoms with E-state index >= 15 is 0 Å². The number of hydrogen-bond acceptors (Lipinski definition) is 4. The van der Waals surface area contributed by atoms with Crippen molar-refractivity contribution in [3.63, 3.8) is 0 Å². The third-order valence-electron chi connectivity index (χ3n) is 3.24. The van der Waals surface area contributed by atoms with Gasteiger partial charge >= 0.3 is 0 Å². The maximum atomic E-state index is 12.5. The van der Waals surface area contributed by atoms with Crippen LogP contribution in [-0.4, -0.2) is 20.0 Å². The Hall–Kier alpha value is -2.94. The van der Waals surface area contributed by atoms with E-state index < -0.39 is 0 Å². The number of nitrogens with zero attached hydrogens (tertiary/aromatic N) is 1. The topological polar surface area (TPSA) is 64.9 Å². The minimum Gasteiger partial charge on any atom is -0.323 e. The van der Waals surface area contributed by atoms with Crippen molar-refractivity contribution in [3.05, 3.63) is 77.7 Å². The smallest absolute Gasteiger partial charge is 0.256 e. The summed E-state index contributed by atoms with van der Waals surface area (Å²) in [6.07, 6.45) is 0. The standard InChI is InChI=1S/C17H12N2OS.C2H7N.C2H6.C2H4/c1-11-9-13(10-18)17(21-11)19-16(20)15-8-4-6-12-5-2-3-7-14(12)15;1-3-2;2*1-2/h2-9H,1H3,(H,19,20);3H,1-2H3;1-2H3;1-2H2. The zero-order valence-corrected chi connectivity index (χ0v) is 18.1. The fraction of sp³-hybridized carbons (Fsp3) is 0.217. The summed E-state index contributed by atoms with van der Waals surface area (Å²) in [6.45, 7) is 11.9. The van der Waals surface area contributed by atoms with Gasteiger partial charge in [-0.15, -0.1) is 24.5 Å². The molecule has 0 aliphatic rings. The van der Waals surface area contributed by atoms with Crippen molar-refractivity contribution in [2.45, 2.75) is 20.8 Å². The van der Waals surface area contributed by atoms with Crippen LogP contribution < -0.4 is 10.6 Å². The van der Waals surface area contributed by atoms with Gasteiger partial charge in [-0.1, -0.05) is 50.2 Å². The van der Waals surface area contributed by atoms with Crippen LogP contribution in [0.2, 0.25) is 0 Å². The zero-order valence-electron chi connectivity index (χ0n) is 17.3. The van der Waals surface area contributed by atoms with Gasteiger partial charge in [-0.25, -0.2) is 0 Å². The van der Waals surface area contributed by atoms with Gasteiger partial charge in [0.05, 0.1) is 5.56 Å². The number of nitriles is 1. The molecule has 0 unspecified atom stereocenters. The molecule has 4 nitrogen and oxygen atoms in total. The van der Waals surface area contributed by atoms with Crippen LogP contribution in [0.4, 0.5) is 5.00 Å². The van der Waals surface area contributed by atoms with Crippen LogP contribution in [0.15, 0.2) is 61.7 Å². The normalized spacial score (nSPS) is 8.71. The molecule has 0 bridgehead atoms. The molecule has 0 fully saturated rings. The summed E-state index contributed by atoms with van der Waals surface area (Å²) in [5.41, 5.74) is 1.12. The van der Waals surface area contributed by atoms with Gasteiger partial charge in [0.1, 0.15) is 11.1 Å². The van der Waals surface area contributed by atoms with E-state index in [1.165, 1.54) is 11.3 Å².